The van der Waals surface area contributed by atoms with Gasteiger partial charge in [0.05, 0.1) is 16.3 Å². The van der Waals surface area contributed by atoms with E-state index in [0.717, 1.165) is 16.3 Å². The van der Waals surface area contributed by atoms with Crippen molar-refractivity contribution in [3.8, 4) is 0 Å². The summed E-state index contributed by atoms with van der Waals surface area (Å²) in [5, 5.41) is 8.80. The largest absolute Gasteiger partial charge is 0.323 e. The molecule has 2 heterocycles. The Hall–Kier alpha value is -1.27. The monoisotopic (exact) mass is 293 g/mol. The van der Waals surface area contributed by atoms with Crippen LogP contribution < -0.4 is 5.73 Å². The third-order valence-electron chi connectivity index (χ3n) is 3.18. The second-order valence-electron chi connectivity index (χ2n) is 6.43. The molecule has 0 aliphatic rings. The molecule has 0 aliphatic carbocycles. The van der Waals surface area contributed by atoms with Crippen LogP contribution in [-0.2, 0) is 11.8 Å². The van der Waals surface area contributed by atoms with Gasteiger partial charge in [-0.2, -0.15) is 5.10 Å². The molecular formula is C14H23N5S. The predicted molar refractivity (Wildman–Crippen MR) is 81.9 cm³/mol. The number of rotatable bonds is 4. The average molecular weight is 293 g/mol. The molecule has 0 spiro atoms. The normalized spacial score (nSPS) is 13.9. The van der Waals surface area contributed by atoms with Crippen LogP contribution >= 0.6 is 11.5 Å². The predicted octanol–water partition coefficient (Wildman–Crippen LogP) is 2.86. The molecule has 2 aromatic heterocycles. The van der Waals surface area contributed by atoms with Crippen LogP contribution in [0.2, 0.25) is 0 Å². The minimum absolute atomic E-state index is 0.0305. The molecule has 0 saturated carbocycles. The summed E-state index contributed by atoms with van der Waals surface area (Å²) in [6.45, 7) is 10.6. The zero-order chi connectivity index (χ0) is 14.9. The third-order valence-corrected chi connectivity index (χ3v) is 4.04. The molecule has 0 amide bonds. The van der Waals surface area contributed by atoms with Gasteiger partial charge in [-0.15, -0.1) is 5.10 Å². The van der Waals surface area contributed by atoms with Crippen molar-refractivity contribution in [3.63, 3.8) is 0 Å². The van der Waals surface area contributed by atoms with Crippen molar-refractivity contribution < 1.29 is 0 Å². The van der Waals surface area contributed by atoms with Crippen molar-refractivity contribution in [3.05, 3.63) is 28.5 Å². The van der Waals surface area contributed by atoms with Crippen LogP contribution in [0.5, 0.6) is 0 Å². The lowest BCUT2D eigenvalue weighted by molar-refractivity contribution is 0.520. The lowest BCUT2D eigenvalue weighted by atomic mass is 9.89. The summed E-state index contributed by atoms with van der Waals surface area (Å²) in [5.41, 5.74) is 8.32. The highest BCUT2D eigenvalue weighted by Gasteiger charge is 2.26. The Labute approximate surface area is 124 Å². The van der Waals surface area contributed by atoms with Gasteiger partial charge in [0.2, 0.25) is 0 Å². The van der Waals surface area contributed by atoms with Crippen LogP contribution in [-0.4, -0.2) is 19.4 Å². The van der Waals surface area contributed by atoms with Crippen molar-refractivity contribution in [2.24, 2.45) is 5.73 Å². The van der Waals surface area contributed by atoms with Gasteiger partial charge in [0, 0.05) is 30.1 Å². The summed E-state index contributed by atoms with van der Waals surface area (Å²) in [4.78, 5) is 1.07. The second kappa shape index (κ2) is 5.61. The van der Waals surface area contributed by atoms with Crippen molar-refractivity contribution in [2.45, 2.75) is 58.5 Å². The molecular weight excluding hydrogens is 270 g/mol. The van der Waals surface area contributed by atoms with Crippen LogP contribution in [0.1, 0.15) is 63.0 Å². The molecule has 0 aliphatic heterocycles. The van der Waals surface area contributed by atoms with E-state index in [1.165, 1.54) is 11.5 Å². The molecule has 0 bridgehead atoms. The topological polar surface area (TPSA) is 69.6 Å². The highest BCUT2D eigenvalue weighted by Crippen LogP contribution is 2.30. The lowest BCUT2D eigenvalue weighted by Crippen LogP contribution is -2.20. The van der Waals surface area contributed by atoms with Gasteiger partial charge in [0.25, 0.3) is 0 Å². The Kier molecular flexibility index (Phi) is 4.25. The maximum absolute atomic E-state index is 6.34. The summed E-state index contributed by atoms with van der Waals surface area (Å²) in [6, 6.07) is 2.31. The maximum Gasteiger partial charge on any atom is 0.0857 e. The number of hydrogen-bond donors (Lipinski definition) is 1. The number of nitrogens with two attached hydrogens (primary N) is 1. The summed E-state index contributed by atoms with van der Waals surface area (Å²) >= 11 is 1.40. The molecule has 110 valence electrons. The summed E-state index contributed by atoms with van der Waals surface area (Å²) in [7, 11) is 0. The fraction of sp³-hybridized carbons (Fsp3) is 0.643. The van der Waals surface area contributed by atoms with Crippen LogP contribution in [0, 0.1) is 0 Å². The lowest BCUT2D eigenvalue weighted by Gasteiger charge is -2.19. The average Bonchev–Trinajstić information content (AvgIpc) is 2.95. The first-order chi connectivity index (χ1) is 9.29. The van der Waals surface area contributed by atoms with Gasteiger partial charge in [0.15, 0.2) is 0 Å². The SMILES string of the molecule is CC(C)n1ccc(CC(N)c2snnc2C(C)(C)C)n1. The van der Waals surface area contributed by atoms with Crippen LogP contribution in [0.4, 0.5) is 0 Å². The molecule has 5 nitrogen and oxygen atoms in total. The highest BCUT2D eigenvalue weighted by molar-refractivity contribution is 7.05. The minimum atomic E-state index is -0.0975. The number of aromatic nitrogens is 4. The molecule has 2 rings (SSSR count). The van der Waals surface area contributed by atoms with Crippen molar-refractivity contribution in [1.29, 1.82) is 0 Å². The second-order valence-corrected chi connectivity index (χ2v) is 7.21. The molecule has 0 aromatic carbocycles. The van der Waals surface area contributed by atoms with Gasteiger partial charge in [-0.3, -0.25) is 4.68 Å². The standard InChI is InChI=1S/C14H23N5S/c1-9(2)19-7-6-10(17-19)8-11(15)12-13(14(3,4)5)16-18-20-12/h6-7,9,11H,8,15H2,1-5H3. The van der Waals surface area contributed by atoms with E-state index in [4.69, 9.17) is 5.73 Å². The number of nitrogens with zero attached hydrogens (tertiary/aromatic N) is 4. The van der Waals surface area contributed by atoms with Gasteiger partial charge in [0.1, 0.15) is 0 Å². The first kappa shape index (κ1) is 15.1. The molecule has 6 heteroatoms. The van der Waals surface area contributed by atoms with E-state index in [9.17, 15) is 0 Å². The minimum Gasteiger partial charge on any atom is -0.323 e. The van der Waals surface area contributed by atoms with Gasteiger partial charge < -0.3 is 5.73 Å². The van der Waals surface area contributed by atoms with E-state index >= 15 is 0 Å². The van der Waals surface area contributed by atoms with Crippen molar-refractivity contribution in [1.82, 2.24) is 19.4 Å². The Morgan fingerprint density at radius 1 is 1.35 bits per heavy atom. The molecule has 1 unspecified atom stereocenters. The van der Waals surface area contributed by atoms with E-state index in [0.29, 0.717) is 12.5 Å². The molecule has 20 heavy (non-hydrogen) atoms. The molecule has 2 aromatic rings. The maximum atomic E-state index is 6.34. The summed E-state index contributed by atoms with van der Waals surface area (Å²) < 4.78 is 6.03. The first-order valence-corrected chi connectivity index (χ1v) is 7.68. The van der Waals surface area contributed by atoms with Gasteiger partial charge >= 0.3 is 0 Å². The van der Waals surface area contributed by atoms with Crippen LogP contribution in [0.3, 0.4) is 0 Å². The zero-order valence-corrected chi connectivity index (χ0v) is 13.6. The van der Waals surface area contributed by atoms with Gasteiger partial charge in [-0.25, -0.2) is 0 Å². The van der Waals surface area contributed by atoms with E-state index in [1.54, 1.807) is 0 Å². The molecule has 0 radical (unpaired) electrons. The molecule has 1 atom stereocenters. The first-order valence-electron chi connectivity index (χ1n) is 6.91. The smallest absolute Gasteiger partial charge is 0.0857 e. The number of hydrogen-bond acceptors (Lipinski definition) is 5. The molecule has 0 saturated heterocycles. The van der Waals surface area contributed by atoms with E-state index in [1.807, 2.05) is 16.9 Å². The van der Waals surface area contributed by atoms with Crippen molar-refractivity contribution in [2.75, 3.05) is 0 Å². The zero-order valence-electron chi connectivity index (χ0n) is 12.8. The van der Waals surface area contributed by atoms with E-state index in [-0.39, 0.29) is 11.5 Å². The Morgan fingerprint density at radius 3 is 2.60 bits per heavy atom. The summed E-state index contributed by atoms with van der Waals surface area (Å²) in [6.07, 6.45) is 2.72. The molecule has 2 N–H and O–H groups in total. The highest BCUT2D eigenvalue weighted by atomic mass is 32.1. The van der Waals surface area contributed by atoms with E-state index < -0.39 is 0 Å². The fourth-order valence-corrected chi connectivity index (χ4v) is 2.92. The van der Waals surface area contributed by atoms with Crippen LogP contribution in [0.25, 0.3) is 0 Å². The van der Waals surface area contributed by atoms with Gasteiger partial charge in [-0.05, 0) is 31.4 Å². The molecule has 0 fully saturated rings. The quantitative estimate of drug-likeness (QED) is 0.941. The van der Waals surface area contributed by atoms with Crippen molar-refractivity contribution >= 4 is 11.5 Å². The Balaban J connectivity index is 2.16. The van der Waals surface area contributed by atoms with E-state index in [2.05, 4.69) is 49.3 Å². The van der Waals surface area contributed by atoms with Gasteiger partial charge in [-0.1, -0.05) is 25.3 Å². The Bertz CT molecular complexity index is 564. The Morgan fingerprint density at radius 2 is 2.05 bits per heavy atom. The van der Waals surface area contributed by atoms with Crippen LogP contribution in [0.15, 0.2) is 12.3 Å². The summed E-state index contributed by atoms with van der Waals surface area (Å²) in [5.74, 6) is 0. The fourth-order valence-electron chi connectivity index (χ4n) is 2.05. The third kappa shape index (κ3) is 3.24.